The van der Waals surface area contributed by atoms with E-state index in [2.05, 4.69) is 31.3 Å². The molecule has 0 bridgehead atoms. The third-order valence-electron chi connectivity index (χ3n) is 11.4. The zero-order valence-corrected chi connectivity index (χ0v) is 40.6. The number of aliphatic hydroxyl groups excluding tert-OH is 1. The van der Waals surface area contributed by atoms with Crippen molar-refractivity contribution in [2.75, 3.05) is 40.9 Å². The van der Waals surface area contributed by atoms with Crippen molar-refractivity contribution in [1.82, 2.24) is 5.32 Å². The summed E-state index contributed by atoms with van der Waals surface area (Å²) < 4.78 is 23.2. The molecule has 0 saturated heterocycles. The molecule has 350 valence electrons. The van der Waals surface area contributed by atoms with Crippen molar-refractivity contribution in [3.63, 3.8) is 0 Å². The number of phosphoric acid groups is 1. The second kappa shape index (κ2) is 42.3. The molecule has 8 nitrogen and oxygen atoms in total. The molecule has 0 spiro atoms. The maximum Gasteiger partial charge on any atom is 0.268 e. The predicted octanol–water partition coefficient (Wildman–Crippen LogP) is 13.8. The normalized spacial score (nSPS) is 14.4. The molecule has 0 aromatic heterocycles. The van der Waals surface area contributed by atoms with E-state index >= 15 is 0 Å². The van der Waals surface area contributed by atoms with Crippen LogP contribution >= 0.6 is 7.82 Å². The summed E-state index contributed by atoms with van der Waals surface area (Å²) in [5.41, 5.74) is 0. The highest BCUT2D eigenvalue weighted by atomic mass is 31.2. The van der Waals surface area contributed by atoms with Crippen LogP contribution in [0, 0.1) is 0 Å². The number of phosphoric ester groups is 1. The first kappa shape index (κ1) is 58.0. The van der Waals surface area contributed by atoms with Crippen molar-refractivity contribution < 1.29 is 32.9 Å². The van der Waals surface area contributed by atoms with Gasteiger partial charge in [-0.05, 0) is 32.1 Å². The summed E-state index contributed by atoms with van der Waals surface area (Å²) in [4.78, 5) is 25.3. The van der Waals surface area contributed by atoms with Gasteiger partial charge >= 0.3 is 0 Å². The second-order valence-corrected chi connectivity index (χ2v) is 19.9. The van der Waals surface area contributed by atoms with E-state index in [1.54, 1.807) is 6.08 Å². The quantitative estimate of drug-likeness (QED) is 0.0273. The van der Waals surface area contributed by atoms with Gasteiger partial charge in [-0.1, -0.05) is 224 Å². The van der Waals surface area contributed by atoms with Crippen LogP contribution in [0.2, 0.25) is 0 Å². The van der Waals surface area contributed by atoms with Crippen LogP contribution in [0.3, 0.4) is 0 Å². The Morgan fingerprint density at radius 3 is 1.37 bits per heavy atom. The van der Waals surface area contributed by atoms with Crippen LogP contribution in [0.25, 0.3) is 0 Å². The molecule has 0 aromatic rings. The van der Waals surface area contributed by atoms with E-state index in [0.29, 0.717) is 17.4 Å². The smallest absolute Gasteiger partial charge is 0.268 e. The molecule has 3 unspecified atom stereocenters. The van der Waals surface area contributed by atoms with Gasteiger partial charge in [0.1, 0.15) is 13.2 Å². The maximum atomic E-state index is 12.8. The lowest BCUT2D eigenvalue weighted by Gasteiger charge is -2.29. The van der Waals surface area contributed by atoms with E-state index in [1.807, 2.05) is 27.2 Å². The molecule has 0 fully saturated rings. The van der Waals surface area contributed by atoms with Crippen molar-refractivity contribution in [2.24, 2.45) is 0 Å². The third kappa shape index (κ3) is 44.8. The van der Waals surface area contributed by atoms with Gasteiger partial charge in [-0.3, -0.25) is 9.36 Å². The largest absolute Gasteiger partial charge is 0.756 e. The van der Waals surface area contributed by atoms with Crippen molar-refractivity contribution >= 4 is 13.7 Å². The van der Waals surface area contributed by atoms with E-state index in [9.17, 15) is 19.4 Å². The Hall–Kier alpha value is -1.02. The van der Waals surface area contributed by atoms with Crippen molar-refractivity contribution in [1.29, 1.82) is 0 Å². The highest BCUT2D eigenvalue weighted by Gasteiger charge is 2.23. The van der Waals surface area contributed by atoms with Crippen LogP contribution in [0.4, 0.5) is 0 Å². The van der Waals surface area contributed by atoms with Gasteiger partial charge in [0, 0.05) is 6.42 Å². The number of nitrogens with one attached hydrogen (secondary N) is 1. The number of hydrogen-bond acceptors (Lipinski definition) is 6. The average Bonchev–Trinajstić information content (AvgIpc) is 3.19. The first-order valence-corrected chi connectivity index (χ1v) is 26.7. The number of quaternary nitrogens is 1. The van der Waals surface area contributed by atoms with E-state index < -0.39 is 20.0 Å². The van der Waals surface area contributed by atoms with Crippen LogP contribution in [0.15, 0.2) is 24.3 Å². The van der Waals surface area contributed by atoms with Gasteiger partial charge in [-0.15, -0.1) is 0 Å². The fourth-order valence-electron chi connectivity index (χ4n) is 7.41. The van der Waals surface area contributed by atoms with Gasteiger partial charge in [0.15, 0.2) is 0 Å². The lowest BCUT2D eigenvalue weighted by molar-refractivity contribution is -0.870. The minimum atomic E-state index is -4.59. The van der Waals surface area contributed by atoms with Crippen LogP contribution in [-0.2, 0) is 18.4 Å². The van der Waals surface area contributed by atoms with Crippen molar-refractivity contribution in [3.8, 4) is 0 Å². The molecule has 3 atom stereocenters. The van der Waals surface area contributed by atoms with Crippen LogP contribution in [-0.4, -0.2) is 68.5 Å². The number of aliphatic hydroxyl groups is 1. The van der Waals surface area contributed by atoms with Gasteiger partial charge in [-0.25, -0.2) is 0 Å². The monoisotopic (exact) mass is 855 g/mol. The summed E-state index contributed by atoms with van der Waals surface area (Å²) >= 11 is 0. The number of carbonyl (C=O) groups is 1. The summed E-state index contributed by atoms with van der Waals surface area (Å²) in [6.45, 7) is 4.64. The Morgan fingerprint density at radius 2 is 0.949 bits per heavy atom. The summed E-state index contributed by atoms with van der Waals surface area (Å²) in [6.07, 6.45) is 51.0. The van der Waals surface area contributed by atoms with E-state index in [4.69, 9.17) is 9.05 Å². The number of rotatable bonds is 46. The van der Waals surface area contributed by atoms with E-state index in [1.165, 1.54) is 180 Å². The molecular formula is C50H99N2O6P. The number of nitrogens with zero attached hydrogens (tertiary/aromatic N) is 1. The molecule has 0 rings (SSSR count). The molecule has 0 aliphatic heterocycles. The zero-order chi connectivity index (χ0) is 43.6. The van der Waals surface area contributed by atoms with Gasteiger partial charge in [-0.2, -0.15) is 0 Å². The molecular weight excluding hydrogens is 756 g/mol. The lowest BCUT2D eigenvalue weighted by Crippen LogP contribution is -2.45. The molecule has 9 heteroatoms. The first-order chi connectivity index (χ1) is 28.5. The van der Waals surface area contributed by atoms with Gasteiger partial charge in [0.25, 0.3) is 7.82 Å². The van der Waals surface area contributed by atoms with Crippen LogP contribution < -0.4 is 10.2 Å². The number of amides is 1. The third-order valence-corrected chi connectivity index (χ3v) is 12.4. The minimum Gasteiger partial charge on any atom is -0.756 e. The highest BCUT2D eigenvalue weighted by Crippen LogP contribution is 2.38. The summed E-state index contributed by atoms with van der Waals surface area (Å²) in [5.74, 6) is -0.206. The topological polar surface area (TPSA) is 108 Å². The molecule has 2 N–H and O–H groups in total. The summed E-state index contributed by atoms with van der Waals surface area (Å²) in [6, 6.07) is -0.898. The Morgan fingerprint density at radius 1 is 0.576 bits per heavy atom. The summed E-state index contributed by atoms with van der Waals surface area (Å²) in [5, 5.41) is 13.8. The standard InChI is InChI=1S/C50H99N2O6P/c1-6-8-10-12-14-16-18-20-21-22-23-24-25-26-27-28-29-30-31-32-33-35-37-39-41-43-49(53)48(47-58-59(55,56)57-46-45-52(3,4)5)51-50(54)44-42-40-38-36-34-19-17-15-13-11-9-7-2/h33,35,41,43,48-49,53H,6-32,34,36-40,42,44-47H2,1-5H3,(H-,51,54,55,56)/b35-33+,43-41+. The molecule has 0 saturated carbocycles. The highest BCUT2D eigenvalue weighted by molar-refractivity contribution is 7.45. The molecule has 0 heterocycles. The Labute approximate surface area is 366 Å². The van der Waals surface area contributed by atoms with E-state index in [0.717, 1.165) is 38.5 Å². The Kier molecular flexibility index (Phi) is 41.6. The maximum absolute atomic E-state index is 12.8. The number of hydrogen-bond donors (Lipinski definition) is 2. The number of unbranched alkanes of at least 4 members (excludes halogenated alkanes) is 31. The fraction of sp³-hybridized carbons (Fsp3) is 0.900. The molecule has 59 heavy (non-hydrogen) atoms. The second-order valence-electron chi connectivity index (χ2n) is 18.5. The minimum absolute atomic E-state index is 0.00417. The number of carbonyl (C=O) groups excluding carboxylic acids is 1. The SMILES string of the molecule is CCCCCCCCCCCCCCCCCCCCC/C=C/CC/C=C/C(O)C(COP(=O)([O-])OCC[N+](C)(C)C)NC(=O)CCCCCCCCCCCCCC. The van der Waals surface area contributed by atoms with Gasteiger partial charge < -0.3 is 28.8 Å². The van der Waals surface area contributed by atoms with Crippen LogP contribution in [0.1, 0.15) is 239 Å². The predicted molar refractivity (Wildman–Crippen MR) is 252 cm³/mol. The van der Waals surface area contributed by atoms with Gasteiger partial charge in [0.05, 0.1) is 39.9 Å². The zero-order valence-electron chi connectivity index (χ0n) is 39.7. The molecule has 0 aliphatic carbocycles. The molecule has 1 amide bonds. The average molecular weight is 855 g/mol. The van der Waals surface area contributed by atoms with Crippen molar-refractivity contribution in [3.05, 3.63) is 24.3 Å². The fourth-order valence-corrected chi connectivity index (χ4v) is 8.13. The Balaban J connectivity index is 4.26. The van der Waals surface area contributed by atoms with E-state index in [-0.39, 0.29) is 19.1 Å². The Bertz CT molecular complexity index is 1020. The van der Waals surface area contributed by atoms with Gasteiger partial charge in [0.2, 0.25) is 5.91 Å². The number of likely N-dealkylation sites (N-methyl/N-ethyl adjacent to an activating group) is 1. The summed E-state index contributed by atoms with van der Waals surface area (Å²) in [7, 11) is 1.25. The molecule has 0 radical (unpaired) electrons. The van der Waals surface area contributed by atoms with Crippen LogP contribution in [0.5, 0.6) is 0 Å². The molecule has 0 aliphatic rings. The molecule has 0 aromatic carbocycles. The number of allylic oxidation sites excluding steroid dienone is 3. The lowest BCUT2D eigenvalue weighted by atomic mass is 10.0. The first-order valence-electron chi connectivity index (χ1n) is 25.2. The van der Waals surface area contributed by atoms with Crippen molar-refractivity contribution in [2.45, 2.75) is 251 Å².